The first kappa shape index (κ1) is 24.9. The van der Waals surface area contributed by atoms with Crippen molar-refractivity contribution in [3.63, 3.8) is 0 Å². The number of nitrogens with zero attached hydrogens (tertiary/aromatic N) is 1. The molecule has 0 aliphatic carbocycles. The summed E-state index contributed by atoms with van der Waals surface area (Å²) in [5.74, 6) is 0.435. The van der Waals surface area contributed by atoms with E-state index in [1.807, 2.05) is 0 Å². The molecule has 0 bridgehead atoms. The van der Waals surface area contributed by atoms with Crippen LogP contribution in [0.4, 0.5) is 5.69 Å². The van der Waals surface area contributed by atoms with Gasteiger partial charge in [-0.15, -0.1) is 0 Å². The summed E-state index contributed by atoms with van der Waals surface area (Å²) in [6.45, 7) is 18.3. The zero-order valence-electron chi connectivity index (χ0n) is 21.4. The lowest BCUT2D eigenvalue weighted by Gasteiger charge is -2.27. The number of hydrogen-bond donors (Lipinski definition) is 2. The molecule has 3 nitrogen and oxygen atoms in total. The van der Waals surface area contributed by atoms with Crippen molar-refractivity contribution in [3.05, 3.63) is 93.5 Å². The number of aryl methyl sites for hydroxylation is 4. The predicted molar refractivity (Wildman–Crippen MR) is 141 cm³/mol. The second-order valence-electron chi connectivity index (χ2n) is 10.5. The van der Waals surface area contributed by atoms with Gasteiger partial charge in [-0.2, -0.15) is 0 Å². The fraction of sp³-hybridized carbons (Fsp3) is 0.400. The summed E-state index contributed by atoms with van der Waals surface area (Å²) >= 11 is 0. The third-order valence-electron chi connectivity index (χ3n) is 6.19. The van der Waals surface area contributed by atoms with Crippen molar-refractivity contribution in [1.29, 1.82) is 0 Å². The Morgan fingerprint density at radius 2 is 1.42 bits per heavy atom. The molecule has 0 aliphatic rings. The monoisotopic (exact) mass is 444 g/mol. The Hall–Kier alpha value is -2.78. The highest BCUT2D eigenvalue weighted by molar-refractivity contribution is 5.58. The van der Waals surface area contributed by atoms with Crippen LogP contribution in [0.15, 0.2) is 54.6 Å². The molecule has 3 heteroatoms. The summed E-state index contributed by atoms with van der Waals surface area (Å²) in [6, 6.07) is 19.3. The van der Waals surface area contributed by atoms with Crippen LogP contribution in [0.5, 0.6) is 5.75 Å². The highest BCUT2D eigenvalue weighted by Gasteiger charge is 2.22. The fourth-order valence-electron chi connectivity index (χ4n) is 4.64. The lowest BCUT2D eigenvalue weighted by Crippen LogP contribution is -2.29. The van der Waals surface area contributed by atoms with Crippen LogP contribution in [0.1, 0.15) is 59.7 Å². The minimum atomic E-state index is -0.100. The van der Waals surface area contributed by atoms with Gasteiger partial charge in [0, 0.05) is 37.4 Å². The Morgan fingerprint density at radius 3 is 2.03 bits per heavy atom. The van der Waals surface area contributed by atoms with Gasteiger partial charge in [0.2, 0.25) is 0 Å². The molecule has 0 aliphatic heterocycles. The Kier molecular flexibility index (Phi) is 7.86. The van der Waals surface area contributed by atoms with E-state index in [9.17, 15) is 5.11 Å². The molecule has 3 rings (SSSR count). The molecule has 176 valence electrons. The lowest BCUT2D eigenvalue weighted by molar-refractivity contribution is 0.262. The number of anilines is 1. The van der Waals surface area contributed by atoms with Crippen molar-refractivity contribution in [1.82, 2.24) is 4.90 Å². The smallest absolute Gasteiger partial charge is 0.123 e. The van der Waals surface area contributed by atoms with Gasteiger partial charge in [-0.1, -0.05) is 86.5 Å². The summed E-state index contributed by atoms with van der Waals surface area (Å²) in [5.41, 5.74) is 9.48. The van der Waals surface area contributed by atoms with E-state index in [0.717, 1.165) is 30.8 Å². The van der Waals surface area contributed by atoms with E-state index in [1.165, 1.54) is 33.5 Å². The van der Waals surface area contributed by atoms with Gasteiger partial charge in [0.05, 0.1) is 0 Å². The van der Waals surface area contributed by atoms with Crippen molar-refractivity contribution in [2.45, 2.75) is 67.0 Å². The molecule has 0 spiro atoms. The standard InChI is InChI=1S/C30H40N2O/c1-21-15-23(3)28(24(4)16-21)31-13-14-32(19-25-11-9-8-10-12-25)20-26-17-22(2)18-27(29(26)33)30(5,6)7/h8-12,15-18,31,33H,13-14,19-20H2,1-7H3. The first-order chi connectivity index (χ1) is 15.5. The van der Waals surface area contributed by atoms with Gasteiger partial charge in [-0.3, -0.25) is 4.90 Å². The van der Waals surface area contributed by atoms with Gasteiger partial charge in [-0.25, -0.2) is 0 Å². The molecule has 0 amide bonds. The van der Waals surface area contributed by atoms with Crippen LogP contribution in [0.25, 0.3) is 0 Å². The Balaban J connectivity index is 1.82. The number of phenolic OH excluding ortho intramolecular Hbond substituents is 1. The lowest BCUT2D eigenvalue weighted by atomic mass is 9.84. The van der Waals surface area contributed by atoms with E-state index < -0.39 is 0 Å². The van der Waals surface area contributed by atoms with E-state index >= 15 is 0 Å². The second kappa shape index (κ2) is 10.4. The Labute approximate surface area is 200 Å². The molecule has 3 aromatic rings. The van der Waals surface area contributed by atoms with E-state index in [1.54, 1.807) is 0 Å². The minimum absolute atomic E-state index is 0.100. The third kappa shape index (κ3) is 6.61. The van der Waals surface area contributed by atoms with Gasteiger partial charge in [-0.05, 0) is 55.4 Å². The summed E-state index contributed by atoms with van der Waals surface area (Å²) < 4.78 is 0. The van der Waals surface area contributed by atoms with Gasteiger partial charge in [0.25, 0.3) is 0 Å². The molecule has 0 aromatic heterocycles. The maximum absolute atomic E-state index is 11.1. The number of nitrogens with one attached hydrogen (secondary N) is 1. The van der Waals surface area contributed by atoms with Crippen LogP contribution in [0, 0.1) is 27.7 Å². The molecule has 0 atom stereocenters. The molecule has 0 radical (unpaired) electrons. The minimum Gasteiger partial charge on any atom is -0.507 e. The average Bonchev–Trinajstić information content (AvgIpc) is 2.72. The highest BCUT2D eigenvalue weighted by Crippen LogP contribution is 2.35. The molecule has 0 heterocycles. The van der Waals surface area contributed by atoms with Crippen molar-refractivity contribution in [2.24, 2.45) is 0 Å². The van der Waals surface area contributed by atoms with Crippen molar-refractivity contribution in [2.75, 3.05) is 18.4 Å². The number of phenols is 1. The highest BCUT2D eigenvalue weighted by atomic mass is 16.3. The number of benzene rings is 3. The molecule has 0 unspecified atom stereocenters. The Morgan fingerprint density at radius 1 is 0.818 bits per heavy atom. The van der Waals surface area contributed by atoms with Crippen LogP contribution in [-0.4, -0.2) is 23.1 Å². The SMILES string of the molecule is Cc1cc(C)c(NCCN(Cc2ccccc2)Cc2cc(C)cc(C(C)(C)C)c2O)c(C)c1. The maximum Gasteiger partial charge on any atom is 0.123 e. The topological polar surface area (TPSA) is 35.5 Å². The largest absolute Gasteiger partial charge is 0.507 e. The second-order valence-corrected chi connectivity index (χ2v) is 10.5. The quantitative estimate of drug-likeness (QED) is 0.391. The van der Waals surface area contributed by atoms with Gasteiger partial charge < -0.3 is 10.4 Å². The molecular weight excluding hydrogens is 404 g/mol. The number of aromatic hydroxyl groups is 1. The average molecular weight is 445 g/mol. The zero-order chi connectivity index (χ0) is 24.2. The van der Waals surface area contributed by atoms with Crippen molar-refractivity contribution >= 4 is 5.69 Å². The number of rotatable bonds is 8. The van der Waals surface area contributed by atoms with E-state index in [4.69, 9.17) is 0 Å². The van der Waals surface area contributed by atoms with Crippen LogP contribution in [-0.2, 0) is 18.5 Å². The van der Waals surface area contributed by atoms with Gasteiger partial charge in [0.15, 0.2) is 0 Å². The summed E-state index contributed by atoms with van der Waals surface area (Å²) in [7, 11) is 0. The number of hydrogen-bond acceptors (Lipinski definition) is 3. The van der Waals surface area contributed by atoms with Crippen LogP contribution in [0.2, 0.25) is 0 Å². The molecule has 0 fully saturated rings. The van der Waals surface area contributed by atoms with E-state index in [2.05, 4.69) is 113 Å². The van der Waals surface area contributed by atoms with Gasteiger partial charge >= 0.3 is 0 Å². The van der Waals surface area contributed by atoms with Crippen LogP contribution >= 0.6 is 0 Å². The molecule has 0 saturated carbocycles. The van der Waals surface area contributed by atoms with E-state index in [-0.39, 0.29) is 5.41 Å². The fourth-order valence-corrected chi connectivity index (χ4v) is 4.64. The van der Waals surface area contributed by atoms with Crippen LogP contribution < -0.4 is 5.32 Å². The molecular formula is C30H40N2O. The van der Waals surface area contributed by atoms with Crippen molar-refractivity contribution in [3.8, 4) is 5.75 Å². The normalized spacial score (nSPS) is 11.8. The summed E-state index contributed by atoms with van der Waals surface area (Å²) in [4.78, 5) is 2.42. The Bertz CT molecular complexity index is 1060. The van der Waals surface area contributed by atoms with Crippen molar-refractivity contribution < 1.29 is 5.11 Å². The molecule has 3 aromatic carbocycles. The summed E-state index contributed by atoms with van der Waals surface area (Å²) in [6.07, 6.45) is 0. The molecule has 0 saturated heterocycles. The van der Waals surface area contributed by atoms with Crippen LogP contribution in [0.3, 0.4) is 0 Å². The van der Waals surface area contributed by atoms with Gasteiger partial charge in [0.1, 0.15) is 5.75 Å². The molecule has 2 N–H and O–H groups in total. The summed E-state index contributed by atoms with van der Waals surface area (Å²) in [5, 5.41) is 14.8. The van der Waals surface area contributed by atoms with E-state index in [0.29, 0.717) is 12.3 Å². The third-order valence-corrected chi connectivity index (χ3v) is 6.19. The molecule has 33 heavy (non-hydrogen) atoms. The zero-order valence-corrected chi connectivity index (χ0v) is 21.4. The maximum atomic E-state index is 11.1. The predicted octanol–water partition coefficient (Wildman–Crippen LogP) is 7.04. The first-order valence-corrected chi connectivity index (χ1v) is 12.0. The first-order valence-electron chi connectivity index (χ1n) is 12.0.